The largest absolute Gasteiger partial charge is 0.497 e. The third-order valence-corrected chi connectivity index (χ3v) is 4.90. The van der Waals surface area contributed by atoms with E-state index in [-0.39, 0.29) is 5.56 Å². The highest BCUT2D eigenvalue weighted by Gasteiger charge is 2.18. The number of aromatic nitrogens is 2. The molecular weight excluding hydrogens is 314 g/mol. The molecule has 4 rings (SSSR count). The number of hydrogen-bond donors (Lipinski definition) is 0. The maximum atomic E-state index is 13.0. The van der Waals surface area contributed by atoms with E-state index in [0.717, 1.165) is 25.3 Å². The third-order valence-electron chi connectivity index (χ3n) is 4.90. The highest BCUT2D eigenvalue weighted by molar-refractivity contribution is 5.79. The van der Waals surface area contributed by atoms with Crippen molar-refractivity contribution in [1.29, 1.82) is 0 Å². The summed E-state index contributed by atoms with van der Waals surface area (Å²) in [6.45, 7) is 4.25. The molecule has 5 heteroatoms. The summed E-state index contributed by atoms with van der Waals surface area (Å²) in [4.78, 5) is 19.9. The summed E-state index contributed by atoms with van der Waals surface area (Å²) in [6, 6.07) is 14.0. The van der Waals surface area contributed by atoms with Crippen molar-refractivity contribution < 1.29 is 4.74 Å². The molecule has 0 amide bonds. The van der Waals surface area contributed by atoms with Crippen molar-refractivity contribution in [1.82, 2.24) is 14.5 Å². The second-order valence-corrected chi connectivity index (χ2v) is 6.49. The Labute approximate surface area is 146 Å². The van der Waals surface area contributed by atoms with E-state index in [1.807, 2.05) is 19.1 Å². The van der Waals surface area contributed by atoms with E-state index in [0.29, 0.717) is 23.3 Å². The Morgan fingerprint density at radius 1 is 1.16 bits per heavy atom. The van der Waals surface area contributed by atoms with Gasteiger partial charge in [-0.25, -0.2) is 4.98 Å². The van der Waals surface area contributed by atoms with Gasteiger partial charge in [-0.15, -0.1) is 0 Å². The van der Waals surface area contributed by atoms with E-state index < -0.39 is 0 Å². The molecule has 2 aromatic carbocycles. The van der Waals surface area contributed by atoms with Gasteiger partial charge in [0.15, 0.2) is 0 Å². The van der Waals surface area contributed by atoms with Crippen LogP contribution in [0.4, 0.5) is 0 Å². The zero-order valence-electron chi connectivity index (χ0n) is 14.5. The van der Waals surface area contributed by atoms with Gasteiger partial charge >= 0.3 is 0 Å². The Kier molecular flexibility index (Phi) is 4.01. The second kappa shape index (κ2) is 6.33. The van der Waals surface area contributed by atoms with Crippen LogP contribution >= 0.6 is 0 Å². The molecule has 25 heavy (non-hydrogen) atoms. The standard InChI is InChI=1S/C20H21N3O2/c1-14-21-19-8-7-17(25-2)11-18(19)20(24)23(14)13-22-10-9-15-5-3-4-6-16(15)12-22/h3-8,11H,9-10,12-13H2,1-2H3. The molecule has 128 valence electrons. The van der Waals surface area contributed by atoms with Crippen LogP contribution in [0.15, 0.2) is 47.3 Å². The Bertz CT molecular complexity index is 994. The van der Waals surface area contributed by atoms with Crippen LogP contribution in [0.2, 0.25) is 0 Å². The monoisotopic (exact) mass is 335 g/mol. The molecule has 0 unspecified atom stereocenters. The Morgan fingerprint density at radius 3 is 2.76 bits per heavy atom. The lowest BCUT2D eigenvalue weighted by atomic mass is 10.0. The Hall–Kier alpha value is -2.66. The van der Waals surface area contributed by atoms with Crippen molar-refractivity contribution in [2.75, 3.05) is 13.7 Å². The molecule has 2 heterocycles. The fourth-order valence-corrected chi connectivity index (χ4v) is 3.48. The second-order valence-electron chi connectivity index (χ2n) is 6.49. The van der Waals surface area contributed by atoms with E-state index in [9.17, 15) is 4.79 Å². The smallest absolute Gasteiger partial charge is 0.262 e. The molecule has 0 saturated heterocycles. The van der Waals surface area contributed by atoms with Crippen molar-refractivity contribution in [2.24, 2.45) is 0 Å². The lowest BCUT2D eigenvalue weighted by Crippen LogP contribution is -2.37. The normalized spacial score (nSPS) is 14.5. The van der Waals surface area contributed by atoms with Gasteiger partial charge < -0.3 is 4.74 Å². The molecule has 0 bridgehead atoms. The quantitative estimate of drug-likeness (QED) is 0.738. The first-order chi connectivity index (χ1) is 12.2. The van der Waals surface area contributed by atoms with Gasteiger partial charge in [0, 0.05) is 13.1 Å². The van der Waals surface area contributed by atoms with Crippen LogP contribution in [-0.4, -0.2) is 28.1 Å². The summed E-state index contributed by atoms with van der Waals surface area (Å²) >= 11 is 0. The summed E-state index contributed by atoms with van der Waals surface area (Å²) < 4.78 is 7.01. The minimum Gasteiger partial charge on any atom is -0.497 e. The predicted molar refractivity (Wildman–Crippen MR) is 97.8 cm³/mol. The summed E-state index contributed by atoms with van der Waals surface area (Å²) in [7, 11) is 1.60. The Morgan fingerprint density at radius 2 is 1.96 bits per heavy atom. The molecule has 5 nitrogen and oxygen atoms in total. The average Bonchev–Trinajstić information content (AvgIpc) is 2.65. The van der Waals surface area contributed by atoms with E-state index in [4.69, 9.17) is 4.74 Å². The first-order valence-corrected chi connectivity index (χ1v) is 8.50. The summed E-state index contributed by atoms with van der Waals surface area (Å²) in [5.74, 6) is 1.41. The van der Waals surface area contributed by atoms with E-state index in [2.05, 4.69) is 34.1 Å². The van der Waals surface area contributed by atoms with Crippen LogP contribution < -0.4 is 10.3 Å². The number of fused-ring (bicyclic) bond motifs is 2. The molecule has 1 aliphatic heterocycles. The van der Waals surface area contributed by atoms with Crippen molar-refractivity contribution in [3.05, 3.63) is 69.8 Å². The van der Waals surface area contributed by atoms with Crippen LogP contribution in [0.25, 0.3) is 10.9 Å². The molecule has 0 N–H and O–H groups in total. The van der Waals surface area contributed by atoms with Crippen LogP contribution in [0.5, 0.6) is 5.75 Å². The maximum absolute atomic E-state index is 13.0. The van der Waals surface area contributed by atoms with Crippen molar-refractivity contribution >= 4 is 10.9 Å². The third kappa shape index (κ3) is 2.91. The molecule has 0 radical (unpaired) electrons. The zero-order chi connectivity index (χ0) is 17.4. The molecule has 0 spiro atoms. The number of hydrogen-bond acceptors (Lipinski definition) is 4. The molecular formula is C20H21N3O2. The fourth-order valence-electron chi connectivity index (χ4n) is 3.48. The molecule has 1 aromatic heterocycles. The van der Waals surface area contributed by atoms with Crippen LogP contribution in [-0.2, 0) is 19.6 Å². The Balaban J connectivity index is 1.69. The lowest BCUT2D eigenvalue weighted by Gasteiger charge is -2.29. The highest BCUT2D eigenvalue weighted by atomic mass is 16.5. The van der Waals surface area contributed by atoms with Crippen molar-refractivity contribution in [3.63, 3.8) is 0 Å². The summed E-state index contributed by atoms with van der Waals surface area (Å²) in [5.41, 5.74) is 3.45. The molecule has 0 fully saturated rings. The van der Waals surface area contributed by atoms with Gasteiger partial charge in [-0.05, 0) is 42.7 Å². The summed E-state index contributed by atoms with van der Waals surface area (Å²) in [5, 5.41) is 0.599. The van der Waals surface area contributed by atoms with Gasteiger partial charge in [0.1, 0.15) is 11.6 Å². The number of aryl methyl sites for hydroxylation is 1. The van der Waals surface area contributed by atoms with E-state index >= 15 is 0 Å². The minimum absolute atomic E-state index is 0.0136. The predicted octanol–water partition coefficient (Wildman–Crippen LogP) is 2.73. The van der Waals surface area contributed by atoms with E-state index in [1.165, 1.54) is 11.1 Å². The SMILES string of the molecule is COc1ccc2nc(C)n(CN3CCc4ccccc4C3)c(=O)c2c1. The fraction of sp³-hybridized carbons (Fsp3) is 0.300. The number of rotatable bonds is 3. The van der Waals surface area contributed by atoms with Gasteiger partial charge in [0.05, 0.1) is 24.7 Å². The van der Waals surface area contributed by atoms with Crippen molar-refractivity contribution in [3.8, 4) is 5.75 Å². The van der Waals surface area contributed by atoms with Gasteiger partial charge in [-0.1, -0.05) is 24.3 Å². The van der Waals surface area contributed by atoms with Crippen molar-refractivity contribution in [2.45, 2.75) is 26.6 Å². The topological polar surface area (TPSA) is 47.4 Å². The van der Waals surface area contributed by atoms with Crippen LogP contribution in [0, 0.1) is 6.92 Å². The number of nitrogens with zero attached hydrogens (tertiary/aromatic N) is 3. The average molecular weight is 335 g/mol. The van der Waals surface area contributed by atoms with Crippen LogP contribution in [0.1, 0.15) is 17.0 Å². The zero-order valence-corrected chi connectivity index (χ0v) is 14.5. The molecule has 1 aliphatic rings. The number of ether oxygens (including phenoxy) is 1. The van der Waals surface area contributed by atoms with E-state index in [1.54, 1.807) is 17.7 Å². The lowest BCUT2D eigenvalue weighted by molar-refractivity contribution is 0.194. The molecule has 3 aromatic rings. The maximum Gasteiger partial charge on any atom is 0.262 e. The van der Waals surface area contributed by atoms with Gasteiger partial charge in [-0.2, -0.15) is 0 Å². The summed E-state index contributed by atoms with van der Waals surface area (Å²) in [6.07, 6.45) is 1.01. The van der Waals surface area contributed by atoms with Crippen LogP contribution in [0.3, 0.4) is 0 Å². The number of methoxy groups -OCH3 is 1. The van der Waals surface area contributed by atoms with Gasteiger partial charge in [0.2, 0.25) is 0 Å². The first-order valence-electron chi connectivity index (χ1n) is 8.50. The first kappa shape index (κ1) is 15.8. The molecule has 0 aliphatic carbocycles. The molecule has 0 saturated carbocycles. The molecule has 0 atom stereocenters. The minimum atomic E-state index is -0.0136. The number of benzene rings is 2. The van der Waals surface area contributed by atoms with Gasteiger partial charge in [0.25, 0.3) is 5.56 Å². The highest BCUT2D eigenvalue weighted by Crippen LogP contribution is 2.20. The van der Waals surface area contributed by atoms with Gasteiger partial charge in [-0.3, -0.25) is 14.3 Å².